The highest BCUT2D eigenvalue weighted by Gasteiger charge is 2.21. The van der Waals surface area contributed by atoms with Gasteiger partial charge in [-0.05, 0) is 12.1 Å². The minimum absolute atomic E-state index is 0.321. The summed E-state index contributed by atoms with van der Waals surface area (Å²) < 4.78 is 35.8. The van der Waals surface area contributed by atoms with Gasteiger partial charge >= 0.3 is 0 Å². The number of Topliss-reactive ketones (excluding diaryl/α,β-unsaturated/α-hetero) is 1. The van der Waals surface area contributed by atoms with Crippen molar-refractivity contribution in [3.05, 3.63) is 29.6 Å². The van der Waals surface area contributed by atoms with Gasteiger partial charge in [-0.25, -0.2) is 12.8 Å². The molecule has 0 fully saturated rings. The number of benzene rings is 1. The molecular weight excluding hydrogens is 221 g/mol. The summed E-state index contributed by atoms with van der Waals surface area (Å²) in [7, 11) is -3.63. The fourth-order valence-corrected chi connectivity index (χ4v) is 2.09. The molecule has 6 heteroatoms. The van der Waals surface area contributed by atoms with Gasteiger partial charge in [0, 0.05) is 6.26 Å². The number of hydrogen-bond donors (Lipinski definition) is 1. The average Bonchev–Trinajstić information content (AvgIpc) is 2.15. The van der Waals surface area contributed by atoms with Crippen molar-refractivity contribution in [1.29, 1.82) is 0 Å². The van der Waals surface area contributed by atoms with Gasteiger partial charge in [0.2, 0.25) is 0 Å². The van der Waals surface area contributed by atoms with Crippen molar-refractivity contribution >= 4 is 15.6 Å². The van der Waals surface area contributed by atoms with Crippen molar-refractivity contribution < 1.29 is 17.6 Å². The first kappa shape index (κ1) is 11.8. The maximum Gasteiger partial charge on any atom is 0.180 e. The van der Waals surface area contributed by atoms with Crippen molar-refractivity contribution in [2.75, 3.05) is 12.8 Å². The van der Waals surface area contributed by atoms with Crippen LogP contribution >= 0.6 is 0 Å². The number of hydrogen-bond acceptors (Lipinski definition) is 4. The Kier molecular flexibility index (Phi) is 3.21. The van der Waals surface area contributed by atoms with Crippen LogP contribution in [0.4, 0.5) is 4.39 Å². The third-order valence-corrected chi connectivity index (χ3v) is 2.98. The summed E-state index contributed by atoms with van der Waals surface area (Å²) in [5.74, 6) is -1.60. The van der Waals surface area contributed by atoms with E-state index < -0.39 is 33.5 Å². The van der Waals surface area contributed by atoms with Crippen molar-refractivity contribution in [3.8, 4) is 0 Å². The van der Waals surface area contributed by atoms with E-state index in [9.17, 15) is 17.6 Å². The van der Waals surface area contributed by atoms with Gasteiger partial charge in [-0.15, -0.1) is 0 Å². The maximum absolute atomic E-state index is 13.3. The molecule has 0 heterocycles. The maximum atomic E-state index is 13.3. The lowest BCUT2D eigenvalue weighted by Crippen LogP contribution is -2.18. The Morgan fingerprint density at radius 3 is 2.53 bits per heavy atom. The third-order valence-electron chi connectivity index (χ3n) is 1.84. The van der Waals surface area contributed by atoms with Gasteiger partial charge in [0.15, 0.2) is 15.6 Å². The molecule has 0 unspecified atom stereocenters. The first-order valence-electron chi connectivity index (χ1n) is 4.09. The molecule has 1 aromatic carbocycles. The van der Waals surface area contributed by atoms with E-state index in [0.717, 1.165) is 12.3 Å². The van der Waals surface area contributed by atoms with Crippen LogP contribution < -0.4 is 5.73 Å². The van der Waals surface area contributed by atoms with Crippen LogP contribution in [-0.2, 0) is 9.84 Å². The zero-order valence-electron chi connectivity index (χ0n) is 8.03. The van der Waals surface area contributed by atoms with Crippen molar-refractivity contribution in [1.82, 2.24) is 0 Å². The molecule has 82 valence electrons. The van der Waals surface area contributed by atoms with Crippen LogP contribution in [0.2, 0.25) is 0 Å². The van der Waals surface area contributed by atoms with Gasteiger partial charge in [-0.1, -0.05) is 6.07 Å². The van der Waals surface area contributed by atoms with Crippen LogP contribution in [0.15, 0.2) is 23.1 Å². The first-order chi connectivity index (χ1) is 6.88. The van der Waals surface area contributed by atoms with E-state index in [1.54, 1.807) is 0 Å². The van der Waals surface area contributed by atoms with Crippen LogP contribution in [0, 0.1) is 5.82 Å². The Labute approximate surface area is 86.8 Å². The van der Waals surface area contributed by atoms with E-state index in [1.165, 1.54) is 12.1 Å². The number of sulfone groups is 1. The molecule has 1 aromatic rings. The van der Waals surface area contributed by atoms with Gasteiger partial charge in [0.1, 0.15) is 5.82 Å². The zero-order valence-corrected chi connectivity index (χ0v) is 8.84. The van der Waals surface area contributed by atoms with E-state index in [-0.39, 0.29) is 4.90 Å². The molecule has 0 bridgehead atoms. The molecule has 0 spiro atoms. The second kappa shape index (κ2) is 4.08. The van der Waals surface area contributed by atoms with E-state index in [4.69, 9.17) is 5.73 Å². The largest absolute Gasteiger partial charge is 0.324 e. The molecular formula is C9H10FNO3S. The quantitative estimate of drug-likeness (QED) is 0.762. The van der Waals surface area contributed by atoms with Gasteiger partial charge in [0.05, 0.1) is 17.0 Å². The second-order valence-corrected chi connectivity index (χ2v) is 5.00. The summed E-state index contributed by atoms with van der Waals surface area (Å²) in [4.78, 5) is 11.0. The van der Waals surface area contributed by atoms with E-state index in [0.29, 0.717) is 0 Å². The summed E-state index contributed by atoms with van der Waals surface area (Å²) in [6.45, 7) is -0.427. The molecule has 0 aromatic heterocycles. The van der Waals surface area contributed by atoms with Crippen LogP contribution in [0.5, 0.6) is 0 Å². The minimum atomic E-state index is -3.63. The van der Waals surface area contributed by atoms with E-state index in [1.807, 2.05) is 0 Å². The number of nitrogens with two attached hydrogens (primary N) is 1. The molecule has 0 aliphatic carbocycles. The van der Waals surface area contributed by atoms with Crippen LogP contribution in [0.1, 0.15) is 10.4 Å². The first-order valence-corrected chi connectivity index (χ1v) is 5.99. The van der Waals surface area contributed by atoms with E-state index >= 15 is 0 Å². The van der Waals surface area contributed by atoms with Crippen LogP contribution in [-0.4, -0.2) is 27.0 Å². The summed E-state index contributed by atoms with van der Waals surface area (Å²) in [6, 6.07) is 3.44. The Bertz CT molecular complexity index is 496. The molecule has 4 nitrogen and oxygen atoms in total. The SMILES string of the molecule is CS(=O)(=O)c1cccc(F)c1C(=O)CN. The Morgan fingerprint density at radius 1 is 1.47 bits per heavy atom. The molecule has 15 heavy (non-hydrogen) atoms. The molecule has 0 saturated heterocycles. The minimum Gasteiger partial charge on any atom is -0.324 e. The standard InChI is InChI=1S/C9H10FNO3S/c1-15(13,14)8-4-2-3-6(10)9(8)7(12)5-11/h2-4H,5,11H2,1H3. The highest BCUT2D eigenvalue weighted by Crippen LogP contribution is 2.19. The predicted octanol–water partition coefficient (Wildman–Crippen LogP) is 0.371. The molecule has 2 N–H and O–H groups in total. The molecule has 0 radical (unpaired) electrons. The number of halogens is 1. The molecule has 0 atom stereocenters. The predicted molar refractivity (Wildman–Crippen MR) is 52.9 cm³/mol. The summed E-state index contributed by atoms with van der Waals surface area (Å²) in [6.07, 6.45) is 0.912. The highest BCUT2D eigenvalue weighted by molar-refractivity contribution is 7.90. The van der Waals surface area contributed by atoms with Gasteiger partial charge in [0.25, 0.3) is 0 Å². The number of carbonyl (C=O) groups excluding carboxylic acids is 1. The van der Waals surface area contributed by atoms with Gasteiger partial charge in [-0.3, -0.25) is 4.79 Å². The Balaban J connectivity index is 3.54. The Hall–Kier alpha value is -1.27. The average molecular weight is 231 g/mol. The lowest BCUT2D eigenvalue weighted by molar-refractivity contribution is 0.0994. The smallest absolute Gasteiger partial charge is 0.180 e. The monoisotopic (exact) mass is 231 g/mol. The Morgan fingerprint density at radius 2 is 2.07 bits per heavy atom. The molecule has 0 saturated carbocycles. The fourth-order valence-electron chi connectivity index (χ4n) is 1.19. The summed E-state index contributed by atoms with van der Waals surface area (Å²) in [5, 5.41) is 0. The van der Waals surface area contributed by atoms with Crippen molar-refractivity contribution in [2.45, 2.75) is 4.90 Å². The van der Waals surface area contributed by atoms with Gasteiger partial charge in [-0.2, -0.15) is 0 Å². The van der Waals surface area contributed by atoms with Crippen molar-refractivity contribution in [2.24, 2.45) is 5.73 Å². The lowest BCUT2D eigenvalue weighted by Gasteiger charge is -2.06. The van der Waals surface area contributed by atoms with Gasteiger partial charge < -0.3 is 5.73 Å². The highest BCUT2D eigenvalue weighted by atomic mass is 32.2. The topological polar surface area (TPSA) is 77.2 Å². The summed E-state index contributed by atoms with van der Waals surface area (Å²) >= 11 is 0. The number of rotatable bonds is 3. The normalized spacial score (nSPS) is 11.4. The third kappa shape index (κ3) is 2.40. The fraction of sp³-hybridized carbons (Fsp3) is 0.222. The summed E-state index contributed by atoms with van der Waals surface area (Å²) in [5.41, 5.74) is 4.62. The molecule has 0 aliphatic rings. The zero-order chi connectivity index (χ0) is 11.6. The van der Waals surface area contributed by atoms with Crippen LogP contribution in [0.25, 0.3) is 0 Å². The second-order valence-electron chi connectivity index (χ2n) is 3.01. The molecule has 0 amide bonds. The van der Waals surface area contributed by atoms with E-state index in [2.05, 4.69) is 0 Å². The van der Waals surface area contributed by atoms with Crippen molar-refractivity contribution in [3.63, 3.8) is 0 Å². The lowest BCUT2D eigenvalue weighted by atomic mass is 10.1. The number of carbonyl (C=O) groups is 1. The molecule has 1 rings (SSSR count). The molecule has 0 aliphatic heterocycles. The number of ketones is 1. The van der Waals surface area contributed by atoms with Crippen LogP contribution in [0.3, 0.4) is 0 Å².